The summed E-state index contributed by atoms with van der Waals surface area (Å²) in [5, 5.41) is 6.63. The van der Waals surface area contributed by atoms with Crippen molar-refractivity contribution in [2.45, 2.75) is 43.1 Å². The monoisotopic (exact) mass is 568 g/mol. The number of nitrogens with one attached hydrogen (secondary N) is 2. The molecule has 9 nitrogen and oxygen atoms in total. The largest absolute Gasteiger partial charge is 0.497 e. The SMILES string of the molecule is CCC(Sc1nc2c(sc3ccccc32)c(=O)n1CCCC(=O)NCCOC)C(=O)Nc1cccc(OC)c1. The van der Waals surface area contributed by atoms with E-state index in [9.17, 15) is 14.4 Å². The third-order valence-electron chi connectivity index (χ3n) is 6.11. The highest BCUT2D eigenvalue weighted by molar-refractivity contribution is 8.00. The number of ether oxygens (including phenoxy) is 2. The molecule has 2 aromatic carbocycles. The lowest BCUT2D eigenvalue weighted by Gasteiger charge is -2.18. The zero-order chi connectivity index (χ0) is 27.8. The van der Waals surface area contributed by atoms with E-state index in [2.05, 4.69) is 10.6 Å². The van der Waals surface area contributed by atoms with E-state index in [-0.39, 0.29) is 23.8 Å². The number of benzene rings is 2. The number of hydrogen-bond donors (Lipinski definition) is 2. The molecule has 0 saturated carbocycles. The molecule has 2 heterocycles. The first-order valence-electron chi connectivity index (χ1n) is 12.7. The molecule has 0 aliphatic heterocycles. The van der Waals surface area contributed by atoms with Gasteiger partial charge < -0.3 is 20.1 Å². The average molecular weight is 569 g/mol. The van der Waals surface area contributed by atoms with Gasteiger partial charge in [-0.3, -0.25) is 19.0 Å². The zero-order valence-corrected chi connectivity index (χ0v) is 23.8. The number of thiophene rings is 1. The van der Waals surface area contributed by atoms with E-state index in [1.54, 1.807) is 30.9 Å². The van der Waals surface area contributed by atoms with Gasteiger partial charge in [0, 0.05) is 48.5 Å². The van der Waals surface area contributed by atoms with Gasteiger partial charge in [-0.25, -0.2) is 4.98 Å². The van der Waals surface area contributed by atoms with Gasteiger partial charge in [-0.1, -0.05) is 43.0 Å². The minimum absolute atomic E-state index is 0.102. The van der Waals surface area contributed by atoms with Crippen LogP contribution in [0, 0.1) is 0 Å². The van der Waals surface area contributed by atoms with Crippen LogP contribution in [0.15, 0.2) is 58.5 Å². The molecule has 0 radical (unpaired) electrons. The Morgan fingerprint density at radius 1 is 1.15 bits per heavy atom. The highest BCUT2D eigenvalue weighted by atomic mass is 32.2. The summed E-state index contributed by atoms with van der Waals surface area (Å²) in [7, 11) is 3.15. The van der Waals surface area contributed by atoms with Gasteiger partial charge in [-0.2, -0.15) is 0 Å². The van der Waals surface area contributed by atoms with Crippen LogP contribution in [-0.4, -0.2) is 54.0 Å². The molecule has 4 aromatic rings. The van der Waals surface area contributed by atoms with Crippen LogP contribution in [0.5, 0.6) is 5.75 Å². The van der Waals surface area contributed by atoms with Crippen molar-refractivity contribution in [1.82, 2.24) is 14.9 Å². The molecule has 39 heavy (non-hydrogen) atoms. The fourth-order valence-electron chi connectivity index (χ4n) is 4.09. The fraction of sp³-hybridized carbons (Fsp3) is 0.357. The molecule has 1 atom stereocenters. The Morgan fingerprint density at radius 2 is 1.97 bits per heavy atom. The van der Waals surface area contributed by atoms with E-state index >= 15 is 0 Å². The number of carbonyl (C=O) groups is 2. The lowest BCUT2D eigenvalue weighted by atomic mass is 10.2. The molecule has 4 rings (SSSR count). The molecule has 0 saturated heterocycles. The van der Waals surface area contributed by atoms with E-state index in [4.69, 9.17) is 14.5 Å². The summed E-state index contributed by atoms with van der Waals surface area (Å²) in [6.07, 6.45) is 1.25. The molecule has 1 unspecified atom stereocenters. The topological polar surface area (TPSA) is 112 Å². The van der Waals surface area contributed by atoms with Gasteiger partial charge in [0.1, 0.15) is 10.4 Å². The Bertz CT molecular complexity index is 1520. The first-order valence-corrected chi connectivity index (χ1v) is 14.4. The lowest BCUT2D eigenvalue weighted by Crippen LogP contribution is -2.29. The van der Waals surface area contributed by atoms with Crippen molar-refractivity contribution in [2.24, 2.45) is 0 Å². The molecule has 11 heteroatoms. The van der Waals surface area contributed by atoms with Crippen LogP contribution < -0.4 is 20.9 Å². The summed E-state index contributed by atoms with van der Waals surface area (Å²) in [6, 6.07) is 15.0. The number of aromatic nitrogens is 2. The number of nitrogens with zero attached hydrogens (tertiary/aromatic N) is 2. The van der Waals surface area contributed by atoms with Crippen LogP contribution in [0.25, 0.3) is 20.3 Å². The summed E-state index contributed by atoms with van der Waals surface area (Å²) < 4.78 is 13.4. The molecule has 206 valence electrons. The third-order valence-corrected chi connectivity index (χ3v) is 8.61. The van der Waals surface area contributed by atoms with Gasteiger partial charge in [-0.15, -0.1) is 11.3 Å². The maximum absolute atomic E-state index is 13.7. The van der Waals surface area contributed by atoms with E-state index in [0.717, 1.165) is 10.1 Å². The molecule has 0 aliphatic carbocycles. The second-order valence-electron chi connectivity index (χ2n) is 8.81. The summed E-state index contributed by atoms with van der Waals surface area (Å²) in [4.78, 5) is 44.1. The smallest absolute Gasteiger partial charge is 0.272 e. The Labute approximate surface area is 234 Å². The second-order valence-corrected chi connectivity index (χ2v) is 11.0. The maximum atomic E-state index is 13.7. The van der Waals surface area contributed by atoms with Crippen molar-refractivity contribution in [3.8, 4) is 5.75 Å². The molecule has 2 amide bonds. The van der Waals surface area contributed by atoms with Gasteiger partial charge >= 0.3 is 0 Å². The van der Waals surface area contributed by atoms with E-state index in [0.29, 0.717) is 59.3 Å². The van der Waals surface area contributed by atoms with Crippen LogP contribution in [0.3, 0.4) is 0 Å². The van der Waals surface area contributed by atoms with Gasteiger partial charge in [0.2, 0.25) is 11.8 Å². The van der Waals surface area contributed by atoms with Gasteiger partial charge in [0.25, 0.3) is 5.56 Å². The number of amides is 2. The van der Waals surface area contributed by atoms with Crippen molar-refractivity contribution >= 4 is 60.9 Å². The van der Waals surface area contributed by atoms with Gasteiger partial charge in [0.05, 0.1) is 24.5 Å². The first-order chi connectivity index (χ1) is 18.9. The summed E-state index contributed by atoms with van der Waals surface area (Å²) in [5.41, 5.74) is 1.11. The number of fused-ring (bicyclic) bond motifs is 3. The molecule has 0 bridgehead atoms. The van der Waals surface area contributed by atoms with Gasteiger partial charge in [-0.05, 0) is 31.0 Å². The minimum atomic E-state index is -0.492. The number of carbonyl (C=O) groups excluding carboxylic acids is 2. The van der Waals surface area contributed by atoms with Crippen LogP contribution in [0.2, 0.25) is 0 Å². The van der Waals surface area contributed by atoms with Crippen molar-refractivity contribution in [1.29, 1.82) is 0 Å². The molecule has 2 aromatic heterocycles. The van der Waals surface area contributed by atoms with E-state index in [1.165, 1.54) is 23.1 Å². The normalized spacial score (nSPS) is 12.0. The van der Waals surface area contributed by atoms with Crippen LogP contribution >= 0.6 is 23.1 Å². The molecule has 0 fully saturated rings. The highest BCUT2D eigenvalue weighted by Gasteiger charge is 2.23. The second kappa shape index (κ2) is 13.6. The number of anilines is 1. The van der Waals surface area contributed by atoms with Crippen molar-refractivity contribution in [3.63, 3.8) is 0 Å². The molecule has 0 aliphatic rings. The van der Waals surface area contributed by atoms with Crippen molar-refractivity contribution < 1.29 is 19.1 Å². The summed E-state index contributed by atoms with van der Waals surface area (Å²) in [5.74, 6) is 0.351. The summed E-state index contributed by atoms with van der Waals surface area (Å²) in [6.45, 7) is 3.11. The predicted octanol–water partition coefficient (Wildman–Crippen LogP) is 4.67. The lowest BCUT2D eigenvalue weighted by molar-refractivity contribution is -0.121. The zero-order valence-electron chi connectivity index (χ0n) is 22.2. The number of rotatable bonds is 13. The van der Waals surface area contributed by atoms with Crippen LogP contribution in [-0.2, 0) is 20.9 Å². The third kappa shape index (κ3) is 6.97. The number of hydrogen-bond acceptors (Lipinski definition) is 8. The predicted molar refractivity (Wildman–Crippen MR) is 157 cm³/mol. The Kier molecular flexibility index (Phi) is 9.96. The molecule has 2 N–H and O–H groups in total. The average Bonchev–Trinajstić information content (AvgIpc) is 3.32. The Balaban J connectivity index is 1.62. The van der Waals surface area contributed by atoms with E-state index in [1.807, 2.05) is 43.3 Å². The molecular formula is C28H32N4O5S2. The quantitative estimate of drug-likeness (QED) is 0.137. The maximum Gasteiger partial charge on any atom is 0.272 e. The van der Waals surface area contributed by atoms with Crippen molar-refractivity contribution in [2.75, 3.05) is 32.7 Å². The standard InChI is InChI=1S/C28H32N4O5S2/c1-4-21(26(34)30-18-9-7-10-19(17-18)37-3)39-28-31-24-20-11-5-6-12-22(20)38-25(24)27(35)32(28)15-8-13-23(33)29-14-16-36-2/h5-7,9-12,17,21H,4,8,13-16H2,1-3H3,(H,29,33)(H,30,34). The fourth-order valence-corrected chi connectivity index (χ4v) is 6.22. The highest BCUT2D eigenvalue weighted by Crippen LogP contribution is 2.33. The molecular weight excluding hydrogens is 536 g/mol. The van der Waals surface area contributed by atoms with Crippen molar-refractivity contribution in [3.05, 3.63) is 58.9 Å². The van der Waals surface area contributed by atoms with Crippen LogP contribution in [0.1, 0.15) is 26.2 Å². The molecule has 0 spiro atoms. The van der Waals surface area contributed by atoms with E-state index < -0.39 is 5.25 Å². The Morgan fingerprint density at radius 3 is 2.74 bits per heavy atom. The first kappa shape index (κ1) is 28.6. The van der Waals surface area contributed by atoms with Gasteiger partial charge in [0.15, 0.2) is 5.16 Å². The number of thioether (sulfide) groups is 1. The van der Waals surface area contributed by atoms with Crippen LogP contribution in [0.4, 0.5) is 5.69 Å². The summed E-state index contributed by atoms with van der Waals surface area (Å²) >= 11 is 2.68. The Hall–Kier alpha value is -3.41. The minimum Gasteiger partial charge on any atom is -0.497 e. The number of methoxy groups -OCH3 is 2.